The molecule has 0 aromatic carbocycles. The molecule has 0 bridgehead atoms. The number of amides is 1. The van der Waals surface area contributed by atoms with Crippen LogP contribution in [0.15, 0.2) is 24.7 Å². The van der Waals surface area contributed by atoms with Crippen LogP contribution in [0.3, 0.4) is 0 Å². The van der Waals surface area contributed by atoms with Crippen molar-refractivity contribution in [2.45, 2.75) is 13.3 Å². The van der Waals surface area contributed by atoms with Crippen LogP contribution in [-0.2, 0) is 11.2 Å². The van der Waals surface area contributed by atoms with Crippen LogP contribution >= 0.6 is 0 Å². The molecule has 0 spiro atoms. The molecular weight excluding hydrogens is 244 g/mol. The minimum atomic E-state index is -0.145. The van der Waals surface area contributed by atoms with Gasteiger partial charge in [0, 0.05) is 25.0 Å². The summed E-state index contributed by atoms with van der Waals surface area (Å²) >= 11 is 0. The van der Waals surface area contributed by atoms with Gasteiger partial charge in [-0.2, -0.15) is 5.10 Å². The summed E-state index contributed by atoms with van der Waals surface area (Å²) in [4.78, 5) is 21.7. The number of hydrogen-bond acceptors (Lipinski definition) is 5. The van der Waals surface area contributed by atoms with E-state index in [0.717, 1.165) is 12.0 Å². The molecule has 0 atom stereocenters. The first-order chi connectivity index (χ1) is 9.20. The number of rotatable bonds is 5. The van der Waals surface area contributed by atoms with E-state index in [0.29, 0.717) is 11.8 Å². The molecule has 0 unspecified atom stereocenters. The van der Waals surface area contributed by atoms with Crippen LogP contribution in [0.4, 0.5) is 11.8 Å². The van der Waals surface area contributed by atoms with Gasteiger partial charge in [0.2, 0.25) is 11.9 Å². The third-order valence-corrected chi connectivity index (χ3v) is 2.64. The fourth-order valence-electron chi connectivity index (χ4n) is 1.64. The van der Waals surface area contributed by atoms with E-state index in [1.54, 1.807) is 36.6 Å². The molecule has 2 N–H and O–H groups in total. The van der Waals surface area contributed by atoms with Gasteiger partial charge in [0.25, 0.3) is 0 Å². The van der Waals surface area contributed by atoms with Crippen LogP contribution in [0, 0.1) is 0 Å². The number of aromatic nitrogens is 4. The molecule has 0 radical (unpaired) electrons. The Labute approximate surface area is 111 Å². The first kappa shape index (κ1) is 13.0. The van der Waals surface area contributed by atoms with Crippen molar-refractivity contribution in [3.63, 3.8) is 0 Å². The second-order valence-corrected chi connectivity index (χ2v) is 4.08. The number of nitrogens with zero attached hydrogens (tertiary/aromatic N) is 4. The molecule has 0 fully saturated rings. The van der Waals surface area contributed by atoms with Gasteiger partial charge in [-0.05, 0) is 12.5 Å². The number of aromatic amines is 1. The largest absolute Gasteiger partial charge is 0.335 e. The van der Waals surface area contributed by atoms with Gasteiger partial charge in [-0.3, -0.25) is 9.89 Å². The van der Waals surface area contributed by atoms with E-state index in [4.69, 9.17) is 0 Å². The number of carbonyl (C=O) groups excluding carboxylic acids is 1. The number of carbonyl (C=O) groups is 1. The molecule has 2 heterocycles. The maximum atomic E-state index is 11.9. The Morgan fingerprint density at radius 3 is 2.84 bits per heavy atom. The number of aryl methyl sites for hydroxylation is 1. The molecular formula is C12H16N6O. The predicted molar refractivity (Wildman–Crippen MR) is 71.9 cm³/mol. The van der Waals surface area contributed by atoms with Crippen molar-refractivity contribution in [3.05, 3.63) is 30.2 Å². The minimum Gasteiger partial charge on any atom is -0.335 e. The van der Waals surface area contributed by atoms with Gasteiger partial charge in [-0.25, -0.2) is 9.97 Å². The number of hydrogen-bond donors (Lipinski definition) is 2. The normalized spacial score (nSPS) is 10.2. The molecule has 7 nitrogen and oxygen atoms in total. The third kappa shape index (κ3) is 3.27. The van der Waals surface area contributed by atoms with Crippen molar-refractivity contribution < 1.29 is 4.79 Å². The highest BCUT2D eigenvalue weighted by molar-refractivity contribution is 5.93. The average Bonchev–Trinajstić information content (AvgIpc) is 2.86. The Morgan fingerprint density at radius 2 is 2.16 bits per heavy atom. The summed E-state index contributed by atoms with van der Waals surface area (Å²) in [5.74, 6) is 1.02. The molecule has 1 amide bonds. The molecule has 2 aromatic heterocycles. The van der Waals surface area contributed by atoms with Crippen LogP contribution in [0.5, 0.6) is 0 Å². The summed E-state index contributed by atoms with van der Waals surface area (Å²) in [6.07, 6.45) is 5.80. The lowest BCUT2D eigenvalue weighted by molar-refractivity contribution is -0.115. The number of anilines is 2. The lowest BCUT2D eigenvalue weighted by Gasteiger charge is -2.15. The molecule has 2 aromatic rings. The highest BCUT2D eigenvalue weighted by atomic mass is 16.2. The van der Waals surface area contributed by atoms with Crippen LogP contribution < -0.4 is 10.2 Å². The number of H-pyrrole nitrogens is 1. The average molecular weight is 260 g/mol. The summed E-state index contributed by atoms with van der Waals surface area (Å²) in [5.41, 5.74) is 0.979. The van der Waals surface area contributed by atoms with Crippen molar-refractivity contribution in [2.75, 3.05) is 23.8 Å². The van der Waals surface area contributed by atoms with Gasteiger partial charge in [0.15, 0.2) is 0 Å². The van der Waals surface area contributed by atoms with E-state index in [1.165, 1.54) is 0 Å². The molecule has 0 aliphatic heterocycles. The third-order valence-electron chi connectivity index (χ3n) is 2.64. The van der Waals surface area contributed by atoms with Crippen LogP contribution in [0.25, 0.3) is 0 Å². The summed E-state index contributed by atoms with van der Waals surface area (Å²) in [6, 6.07) is 1.73. The Kier molecular flexibility index (Phi) is 4.07. The summed E-state index contributed by atoms with van der Waals surface area (Å²) in [6.45, 7) is 2.18. The highest BCUT2D eigenvalue weighted by Crippen LogP contribution is 2.11. The summed E-state index contributed by atoms with van der Waals surface area (Å²) in [7, 11) is 1.77. The van der Waals surface area contributed by atoms with E-state index in [9.17, 15) is 4.79 Å². The highest BCUT2D eigenvalue weighted by Gasteiger charge is 2.11. The van der Waals surface area contributed by atoms with E-state index in [1.807, 2.05) is 6.92 Å². The monoisotopic (exact) mass is 260 g/mol. The lowest BCUT2D eigenvalue weighted by Crippen LogP contribution is -2.31. The van der Waals surface area contributed by atoms with Crippen LogP contribution in [0.1, 0.15) is 12.5 Å². The zero-order chi connectivity index (χ0) is 13.7. The van der Waals surface area contributed by atoms with Gasteiger partial charge in [0.1, 0.15) is 5.82 Å². The van der Waals surface area contributed by atoms with Crippen molar-refractivity contribution in [1.29, 1.82) is 0 Å². The van der Waals surface area contributed by atoms with Gasteiger partial charge in [-0.1, -0.05) is 6.92 Å². The standard InChI is InChI=1S/C12H16N6O/c1-3-9-7-15-17-11(9)16-10(19)8-18(2)12-13-5-4-6-14-12/h4-7H,3,8H2,1-2H3,(H2,15,16,17,19). The van der Waals surface area contributed by atoms with Crippen molar-refractivity contribution in [2.24, 2.45) is 0 Å². The molecule has 0 aliphatic rings. The van der Waals surface area contributed by atoms with Gasteiger partial charge >= 0.3 is 0 Å². The van der Waals surface area contributed by atoms with E-state index in [-0.39, 0.29) is 12.5 Å². The fourth-order valence-corrected chi connectivity index (χ4v) is 1.64. The Morgan fingerprint density at radius 1 is 1.42 bits per heavy atom. The Hall–Kier alpha value is -2.44. The SMILES string of the molecule is CCc1cn[nH]c1NC(=O)CN(C)c1ncccn1. The minimum absolute atomic E-state index is 0.145. The molecule has 19 heavy (non-hydrogen) atoms. The zero-order valence-corrected chi connectivity index (χ0v) is 10.9. The maximum Gasteiger partial charge on any atom is 0.245 e. The summed E-state index contributed by atoms with van der Waals surface area (Å²) in [5, 5.41) is 9.46. The second-order valence-electron chi connectivity index (χ2n) is 4.08. The predicted octanol–water partition coefficient (Wildman–Crippen LogP) is 0.837. The fraction of sp³-hybridized carbons (Fsp3) is 0.333. The second kappa shape index (κ2) is 5.94. The molecule has 0 saturated heterocycles. The number of nitrogens with one attached hydrogen (secondary N) is 2. The zero-order valence-electron chi connectivity index (χ0n) is 10.9. The first-order valence-corrected chi connectivity index (χ1v) is 6.01. The Bertz CT molecular complexity index is 538. The van der Waals surface area contributed by atoms with E-state index < -0.39 is 0 Å². The molecule has 0 aliphatic carbocycles. The molecule has 7 heteroatoms. The van der Waals surface area contributed by atoms with Gasteiger partial charge in [0.05, 0.1) is 12.7 Å². The first-order valence-electron chi connectivity index (χ1n) is 6.01. The number of likely N-dealkylation sites (N-methyl/N-ethyl adjacent to an activating group) is 1. The summed E-state index contributed by atoms with van der Waals surface area (Å²) < 4.78 is 0. The maximum absolute atomic E-state index is 11.9. The van der Waals surface area contributed by atoms with Crippen molar-refractivity contribution >= 4 is 17.7 Å². The van der Waals surface area contributed by atoms with Crippen LogP contribution in [-0.4, -0.2) is 39.7 Å². The van der Waals surface area contributed by atoms with Crippen LogP contribution in [0.2, 0.25) is 0 Å². The van der Waals surface area contributed by atoms with Crippen molar-refractivity contribution in [1.82, 2.24) is 20.2 Å². The van der Waals surface area contributed by atoms with E-state index in [2.05, 4.69) is 25.5 Å². The lowest BCUT2D eigenvalue weighted by atomic mass is 10.2. The molecule has 0 saturated carbocycles. The molecule has 2 rings (SSSR count). The Balaban J connectivity index is 1.95. The molecule has 100 valence electrons. The van der Waals surface area contributed by atoms with Gasteiger partial charge < -0.3 is 10.2 Å². The topological polar surface area (TPSA) is 86.8 Å². The van der Waals surface area contributed by atoms with E-state index >= 15 is 0 Å². The quantitative estimate of drug-likeness (QED) is 0.831. The van der Waals surface area contributed by atoms with Crippen molar-refractivity contribution in [3.8, 4) is 0 Å². The van der Waals surface area contributed by atoms with Gasteiger partial charge in [-0.15, -0.1) is 0 Å². The smallest absolute Gasteiger partial charge is 0.245 e.